The Morgan fingerprint density at radius 2 is 2.04 bits per heavy atom. The van der Waals surface area contributed by atoms with E-state index in [4.69, 9.17) is 19.9 Å². The first-order valence-corrected chi connectivity index (χ1v) is 9.39. The lowest BCUT2D eigenvalue weighted by molar-refractivity contribution is -0.132. The first-order chi connectivity index (χ1) is 12.7. The number of hydrogen-bond acceptors (Lipinski definition) is 6. The van der Waals surface area contributed by atoms with Crippen molar-refractivity contribution in [3.8, 4) is 5.75 Å². The molecule has 0 aliphatic carbocycles. The van der Waals surface area contributed by atoms with Crippen LogP contribution in [0.25, 0.3) is 0 Å². The second kappa shape index (κ2) is 13.2. The molecule has 0 bridgehead atoms. The number of nitrogens with zero attached hydrogens (tertiary/aromatic N) is 1. The fourth-order valence-corrected chi connectivity index (χ4v) is 3.24. The summed E-state index contributed by atoms with van der Waals surface area (Å²) < 4.78 is 16.8. The molecule has 28 heavy (non-hydrogen) atoms. The lowest BCUT2D eigenvalue weighted by Gasteiger charge is -2.26. The number of carbonyl (C=O) groups is 1. The number of nitrogens with two attached hydrogens (primary N) is 1. The van der Waals surface area contributed by atoms with E-state index in [2.05, 4.69) is 10.2 Å². The van der Waals surface area contributed by atoms with E-state index in [0.29, 0.717) is 19.7 Å². The second-order valence-corrected chi connectivity index (χ2v) is 6.73. The first kappa shape index (κ1) is 24.9. The molecule has 0 saturated carbocycles. The van der Waals surface area contributed by atoms with Gasteiger partial charge < -0.3 is 25.3 Å². The topological polar surface area (TPSA) is 86.1 Å². The van der Waals surface area contributed by atoms with Crippen LogP contribution in [0.15, 0.2) is 24.3 Å². The standard InChI is InChI=1S/C19H29N3O4.2ClH/c20-13-17-4-5-18(26-17)19(23)21-14-15-2-1-3-16(12-15)25-11-8-22-6-9-24-10-7-22;;/h1-3,12,17-18H,4-11,13-14,20H2,(H,21,23);2*1H/t17-,18+;;/m1../s1. The average molecular weight is 436 g/mol. The number of ether oxygens (including phenoxy) is 3. The van der Waals surface area contributed by atoms with Crippen LogP contribution in [0.1, 0.15) is 18.4 Å². The number of nitrogens with one attached hydrogen (secondary N) is 1. The highest BCUT2D eigenvalue weighted by molar-refractivity contribution is 5.85. The van der Waals surface area contributed by atoms with E-state index in [-0.39, 0.29) is 42.9 Å². The third-order valence-electron chi connectivity index (χ3n) is 4.81. The Morgan fingerprint density at radius 1 is 1.25 bits per heavy atom. The van der Waals surface area contributed by atoms with Crippen molar-refractivity contribution in [2.45, 2.75) is 31.6 Å². The molecule has 9 heteroatoms. The number of morpholine rings is 1. The van der Waals surface area contributed by atoms with Gasteiger partial charge in [0.2, 0.25) is 5.91 Å². The van der Waals surface area contributed by atoms with E-state index in [1.165, 1.54) is 0 Å². The fraction of sp³-hybridized carbons (Fsp3) is 0.632. The molecule has 1 aromatic rings. The molecule has 7 nitrogen and oxygen atoms in total. The molecule has 0 unspecified atom stereocenters. The fourth-order valence-electron chi connectivity index (χ4n) is 3.24. The molecule has 3 rings (SSSR count). The van der Waals surface area contributed by atoms with Gasteiger partial charge in [-0.2, -0.15) is 0 Å². The zero-order valence-corrected chi connectivity index (χ0v) is 17.6. The van der Waals surface area contributed by atoms with Gasteiger partial charge in [0, 0.05) is 32.7 Å². The highest BCUT2D eigenvalue weighted by atomic mass is 35.5. The van der Waals surface area contributed by atoms with Gasteiger partial charge in [-0.3, -0.25) is 9.69 Å². The van der Waals surface area contributed by atoms with Crippen LogP contribution in [0.3, 0.4) is 0 Å². The maximum atomic E-state index is 12.2. The summed E-state index contributed by atoms with van der Waals surface area (Å²) in [7, 11) is 0. The minimum atomic E-state index is -0.378. The third-order valence-corrected chi connectivity index (χ3v) is 4.81. The molecule has 0 aromatic heterocycles. The molecule has 3 N–H and O–H groups in total. The van der Waals surface area contributed by atoms with Crippen LogP contribution in [0.4, 0.5) is 0 Å². The molecule has 0 radical (unpaired) electrons. The smallest absolute Gasteiger partial charge is 0.249 e. The lowest BCUT2D eigenvalue weighted by Crippen LogP contribution is -2.38. The van der Waals surface area contributed by atoms with E-state index >= 15 is 0 Å². The summed E-state index contributed by atoms with van der Waals surface area (Å²) in [5.74, 6) is 0.755. The van der Waals surface area contributed by atoms with Crippen molar-refractivity contribution in [3.63, 3.8) is 0 Å². The van der Waals surface area contributed by atoms with Gasteiger partial charge in [0.05, 0.1) is 19.3 Å². The highest BCUT2D eigenvalue weighted by Gasteiger charge is 2.29. The summed E-state index contributed by atoms with van der Waals surface area (Å²) in [5, 5.41) is 2.94. The van der Waals surface area contributed by atoms with Crippen LogP contribution in [0.2, 0.25) is 0 Å². The summed E-state index contributed by atoms with van der Waals surface area (Å²) in [6.07, 6.45) is 1.21. The molecule has 1 amide bonds. The van der Waals surface area contributed by atoms with E-state index < -0.39 is 0 Å². The third kappa shape index (κ3) is 7.73. The van der Waals surface area contributed by atoms with Crippen LogP contribution < -0.4 is 15.8 Å². The van der Waals surface area contributed by atoms with Crippen LogP contribution in [0, 0.1) is 0 Å². The maximum absolute atomic E-state index is 12.2. The lowest BCUT2D eigenvalue weighted by atomic mass is 10.1. The number of halogens is 2. The number of amides is 1. The van der Waals surface area contributed by atoms with Crippen LogP contribution in [-0.4, -0.2) is 69.0 Å². The highest BCUT2D eigenvalue weighted by Crippen LogP contribution is 2.19. The first-order valence-electron chi connectivity index (χ1n) is 9.39. The Labute approximate surface area is 179 Å². The van der Waals surface area contributed by atoms with Gasteiger partial charge in [0.25, 0.3) is 0 Å². The van der Waals surface area contributed by atoms with Gasteiger partial charge in [0.15, 0.2) is 0 Å². The quantitative estimate of drug-likeness (QED) is 0.640. The second-order valence-electron chi connectivity index (χ2n) is 6.73. The molecule has 2 aliphatic rings. The van der Waals surface area contributed by atoms with Gasteiger partial charge in [-0.25, -0.2) is 0 Å². The van der Waals surface area contributed by atoms with Crippen molar-refractivity contribution in [1.29, 1.82) is 0 Å². The van der Waals surface area contributed by atoms with E-state index in [1.54, 1.807) is 0 Å². The number of benzene rings is 1. The summed E-state index contributed by atoms with van der Waals surface area (Å²) in [4.78, 5) is 14.5. The van der Waals surface area contributed by atoms with Crippen molar-refractivity contribution in [1.82, 2.24) is 10.2 Å². The van der Waals surface area contributed by atoms with Gasteiger partial charge in [-0.15, -0.1) is 24.8 Å². The van der Waals surface area contributed by atoms with Gasteiger partial charge >= 0.3 is 0 Å². The van der Waals surface area contributed by atoms with Gasteiger partial charge in [-0.1, -0.05) is 12.1 Å². The zero-order valence-electron chi connectivity index (χ0n) is 16.0. The minimum Gasteiger partial charge on any atom is -0.492 e. The number of hydrogen-bond donors (Lipinski definition) is 2. The maximum Gasteiger partial charge on any atom is 0.249 e. The van der Waals surface area contributed by atoms with Gasteiger partial charge in [0.1, 0.15) is 18.5 Å². The van der Waals surface area contributed by atoms with Crippen LogP contribution in [0.5, 0.6) is 5.75 Å². The number of rotatable bonds is 8. The molecule has 160 valence electrons. The van der Waals surface area contributed by atoms with Crippen LogP contribution in [-0.2, 0) is 20.8 Å². The largest absolute Gasteiger partial charge is 0.492 e. The summed E-state index contributed by atoms with van der Waals surface area (Å²) in [6.45, 7) is 5.99. The average Bonchev–Trinajstić information content (AvgIpc) is 3.17. The SMILES string of the molecule is Cl.Cl.NC[C@H]1CC[C@@H](C(=O)NCc2cccc(OCCN3CCOCC3)c2)O1. The normalized spacial score (nSPS) is 22.0. The Kier molecular flexibility index (Phi) is 11.8. The summed E-state index contributed by atoms with van der Waals surface area (Å²) in [5.41, 5.74) is 6.60. The molecular weight excluding hydrogens is 405 g/mol. The predicted molar refractivity (Wildman–Crippen MR) is 112 cm³/mol. The Balaban J connectivity index is 0.00000196. The number of carbonyl (C=O) groups excluding carboxylic acids is 1. The molecular formula is C19H31Cl2N3O4. The van der Waals surface area contributed by atoms with E-state index in [1.807, 2.05) is 24.3 Å². The molecule has 2 fully saturated rings. The molecule has 2 heterocycles. The van der Waals surface area contributed by atoms with E-state index in [0.717, 1.165) is 57.0 Å². The molecule has 2 atom stereocenters. The van der Waals surface area contributed by atoms with Crippen LogP contribution >= 0.6 is 24.8 Å². The Hall–Kier alpha value is -1.09. The Bertz CT molecular complexity index is 588. The molecule has 1 aromatic carbocycles. The zero-order chi connectivity index (χ0) is 18.2. The summed E-state index contributed by atoms with van der Waals surface area (Å²) in [6, 6.07) is 7.84. The predicted octanol–water partition coefficient (Wildman–Crippen LogP) is 1.36. The van der Waals surface area contributed by atoms with Gasteiger partial charge in [-0.05, 0) is 30.5 Å². The molecule has 2 aliphatic heterocycles. The van der Waals surface area contributed by atoms with Crippen molar-refractivity contribution in [2.24, 2.45) is 5.73 Å². The molecule has 0 spiro atoms. The van der Waals surface area contributed by atoms with Crippen molar-refractivity contribution >= 4 is 30.7 Å². The molecule has 2 saturated heterocycles. The summed E-state index contributed by atoms with van der Waals surface area (Å²) >= 11 is 0. The van der Waals surface area contributed by atoms with Crippen molar-refractivity contribution in [3.05, 3.63) is 29.8 Å². The van der Waals surface area contributed by atoms with E-state index in [9.17, 15) is 4.79 Å². The van der Waals surface area contributed by atoms with Crippen molar-refractivity contribution in [2.75, 3.05) is 46.0 Å². The Morgan fingerprint density at radius 3 is 2.75 bits per heavy atom. The van der Waals surface area contributed by atoms with Crippen molar-refractivity contribution < 1.29 is 19.0 Å². The minimum absolute atomic E-state index is 0. The monoisotopic (exact) mass is 435 g/mol.